The van der Waals surface area contributed by atoms with Crippen LogP contribution in [0.2, 0.25) is 0 Å². The van der Waals surface area contributed by atoms with Crippen molar-refractivity contribution in [1.29, 1.82) is 0 Å². The predicted octanol–water partition coefficient (Wildman–Crippen LogP) is 7.21. The number of esters is 2. The molecule has 12 atom stereocenters. The number of nitrogens with zero attached hydrogens (tertiary/aromatic N) is 2. The number of carbonyl (C=O) groups is 4. The van der Waals surface area contributed by atoms with Crippen LogP contribution in [0.15, 0.2) is 84.4 Å². The van der Waals surface area contributed by atoms with E-state index in [2.05, 4.69) is 68.6 Å². The van der Waals surface area contributed by atoms with Gasteiger partial charge in [0.15, 0.2) is 11.8 Å². The molecule has 3 saturated carbocycles. The van der Waals surface area contributed by atoms with Gasteiger partial charge in [-0.3, -0.25) is 24.0 Å². The zero-order chi connectivity index (χ0) is 51.2. The van der Waals surface area contributed by atoms with E-state index in [9.17, 15) is 19.5 Å². The smallest absolute Gasteiger partial charge is 0.327 e. The van der Waals surface area contributed by atoms with Gasteiger partial charge in [0, 0.05) is 39.2 Å². The summed E-state index contributed by atoms with van der Waals surface area (Å²) < 4.78 is 32.0. The van der Waals surface area contributed by atoms with Crippen LogP contribution in [0.25, 0.3) is 6.08 Å². The van der Waals surface area contributed by atoms with E-state index in [1.54, 1.807) is 32.9 Å². The lowest BCUT2D eigenvalue weighted by molar-refractivity contribution is -0.218. The Morgan fingerprint density at radius 3 is 2.29 bits per heavy atom. The molecular formula is C59H73N3O11. The van der Waals surface area contributed by atoms with Gasteiger partial charge in [-0.2, -0.15) is 5.06 Å². The van der Waals surface area contributed by atoms with Crippen LogP contribution in [-0.2, 0) is 73.5 Å². The van der Waals surface area contributed by atoms with E-state index >= 15 is 4.79 Å². The molecule has 390 valence electrons. The minimum Gasteiger partial charge on any atom is -0.460 e. The molecule has 14 nitrogen and oxygen atoms in total. The average Bonchev–Trinajstić information content (AvgIpc) is 3.61. The van der Waals surface area contributed by atoms with Crippen molar-refractivity contribution in [3.05, 3.63) is 112 Å². The number of allylic oxidation sites excluding steroid dienone is 1. The van der Waals surface area contributed by atoms with Gasteiger partial charge in [-0.25, -0.2) is 0 Å². The van der Waals surface area contributed by atoms with Crippen molar-refractivity contribution in [3.8, 4) is 0 Å². The molecule has 0 radical (unpaired) electrons. The Morgan fingerprint density at radius 2 is 1.60 bits per heavy atom. The SMILES string of the molecule is CN(C(=O)C12CC3OC(=O)C1N(Cc1ccc(C=C4CCC5OC5(C)CCC5C4CC5(C)C)cc1)OC2C1OC2(Cc4ccccc4C2)OC31)C(Cc1ccccc1)C(=O)NC(CO)CCC(=O)OC(C)(C)C. The fourth-order valence-electron chi connectivity index (χ4n) is 14.0. The maximum atomic E-state index is 16.0. The molecule has 14 heteroatoms. The highest BCUT2D eigenvalue weighted by Gasteiger charge is 2.77. The monoisotopic (exact) mass is 1000 g/mol. The van der Waals surface area contributed by atoms with Crippen LogP contribution in [-0.4, -0.2) is 118 Å². The van der Waals surface area contributed by atoms with Gasteiger partial charge in [-0.05, 0) is 111 Å². The second kappa shape index (κ2) is 18.7. The second-order valence-electron chi connectivity index (χ2n) is 24.4. The molecule has 12 unspecified atom stereocenters. The molecule has 4 saturated heterocycles. The standard InChI is InChI=1S/C59H73N3O11/c1-55(2,3)70-47(64)24-22-41(34-63)60-52(65)44(28-35-13-9-8-10-14-35)61(7)54(67)59-32-45-48-49(72-58(71-48)29-39-15-11-12-16-40(39)30-58)51(59)73-62(50(59)53(66)68-45)33-37-19-17-36(18-20-37)27-38-21-23-46-57(6,69-46)26-25-43-42(38)31-56(43,4)5/h8-20,27,41-46,48-51,63H,21-26,28-34H2,1-7H3,(H,60,65). The number of aliphatic hydroxyl groups is 1. The minimum absolute atomic E-state index is 0.0162. The molecule has 0 aromatic heterocycles. The summed E-state index contributed by atoms with van der Waals surface area (Å²) in [5, 5.41) is 15.0. The highest BCUT2D eigenvalue weighted by atomic mass is 16.8. The zero-order valence-electron chi connectivity index (χ0n) is 43.5. The largest absolute Gasteiger partial charge is 0.460 e. The van der Waals surface area contributed by atoms with Crippen molar-refractivity contribution in [1.82, 2.24) is 15.3 Å². The van der Waals surface area contributed by atoms with Gasteiger partial charge in [-0.15, -0.1) is 0 Å². The van der Waals surface area contributed by atoms with Crippen molar-refractivity contribution in [2.75, 3.05) is 13.7 Å². The number of hydroxylamine groups is 2. The normalized spacial score (nSPS) is 33.6. The van der Waals surface area contributed by atoms with Crippen molar-refractivity contribution in [3.63, 3.8) is 0 Å². The van der Waals surface area contributed by atoms with Crippen molar-refractivity contribution < 1.29 is 52.8 Å². The quantitative estimate of drug-likeness (QED) is 0.131. The molecule has 8 aliphatic rings. The number of rotatable bonds is 13. The zero-order valence-corrected chi connectivity index (χ0v) is 43.5. The van der Waals surface area contributed by atoms with Gasteiger partial charge in [0.2, 0.25) is 11.8 Å². The van der Waals surface area contributed by atoms with Crippen molar-refractivity contribution in [2.24, 2.45) is 22.7 Å². The third-order valence-corrected chi connectivity index (χ3v) is 17.8. The van der Waals surface area contributed by atoms with E-state index in [0.29, 0.717) is 36.2 Å². The first-order valence-corrected chi connectivity index (χ1v) is 26.7. The van der Waals surface area contributed by atoms with Crippen molar-refractivity contribution >= 4 is 29.8 Å². The molecule has 7 fully saturated rings. The molecule has 2 bridgehead atoms. The first-order valence-electron chi connectivity index (χ1n) is 26.7. The van der Waals surface area contributed by atoms with Crippen LogP contribution < -0.4 is 5.32 Å². The van der Waals surface area contributed by atoms with Crippen LogP contribution in [0.5, 0.6) is 0 Å². The highest BCUT2D eigenvalue weighted by Crippen LogP contribution is 2.61. The Balaban J connectivity index is 0.892. The Labute approximate surface area is 429 Å². The van der Waals surface area contributed by atoms with E-state index in [0.717, 1.165) is 47.1 Å². The Morgan fingerprint density at radius 1 is 0.904 bits per heavy atom. The topological polar surface area (TPSA) is 166 Å². The Hall–Kier alpha value is -4.96. The van der Waals surface area contributed by atoms with Gasteiger partial charge in [0.25, 0.3) is 0 Å². The molecule has 3 aromatic rings. The fraction of sp³-hybridized carbons (Fsp3) is 0.593. The summed E-state index contributed by atoms with van der Waals surface area (Å²) in [6.07, 6.45) is 6.23. The molecule has 4 aliphatic carbocycles. The fourth-order valence-corrected chi connectivity index (χ4v) is 14.0. The van der Waals surface area contributed by atoms with E-state index in [-0.39, 0.29) is 37.8 Å². The molecular weight excluding hydrogens is 927 g/mol. The van der Waals surface area contributed by atoms with Gasteiger partial charge in [-0.1, -0.05) is 104 Å². The number of epoxide rings is 1. The molecule has 4 heterocycles. The van der Waals surface area contributed by atoms with Crippen LogP contribution in [0.1, 0.15) is 121 Å². The maximum absolute atomic E-state index is 16.0. The van der Waals surface area contributed by atoms with Gasteiger partial charge in [0.05, 0.1) is 30.9 Å². The summed E-state index contributed by atoms with van der Waals surface area (Å²) in [7, 11) is 1.60. The van der Waals surface area contributed by atoms with Gasteiger partial charge < -0.3 is 39.0 Å². The van der Waals surface area contributed by atoms with Crippen LogP contribution in [0.3, 0.4) is 0 Å². The lowest BCUT2D eigenvalue weighted by atomic mass is 9.52. The number of benzene rings is 3. The third kappa shape index (κ3) is 9.36. The average molecular weight is 1000 g/mol. The van der Waals surface area contributed by atoms with Crippen LogP contribution >= 0.6 is 0 Å². The van der Waals surface area contributed by atoms with Crippen molar-refractivity contribution in [2.45, 2.75) is 184 Å². The molecule has 4 aliphatic heterocycles. The molecule has 1 spiro atoms. The second-order valence-corrected chi connectivity index (χ2v) is 24.4. The lowest BCUT2D eigenvalue weighted by Gasteiger charge is -2.53. The number of hydrogen-bond donors (Lipinski definition) is 2. The van der Waals surface area contributed by atoms with Gasteiger partial charge in [0.1, 0.15) is 41.5 Å². The van der Waals surface area contributed by atoms with E-state index in [1.807, 2.05) is 42.5 Å². The molecule has 73 heavy (non-hydrogen) atoms. The third-order valence-electron chi connectivity index (χ3n) is 17.8. The lowest BCUT2D eigenvalue weighted by Crippen LogP contribution is -2.70. The number of amides is 2. The van der Waals surface area contributed by atoms with E-state index in [4.69, 9.17) is 28.5 Å². The first kappa shape index (κ1) is 50.2. The minimum atomic E-state index is -1.55. The summed E-state index contributed by atoms with van der Waals surface area (Å²) in [5.41, 5.74) is 4.60. The summed E-state index contributed by atoms with van der Waals surface area (Å²) in [4.78, 5) is 66.6. The summed E-state index contributed by atoms with van der Waals surface area (Å²) in [5.74, 6) is -1.87. The van der Waals surface area contributed by atoms with E-state index in [1.165, 1.54) is 23.3 Å². The highest BCUT2D eigenvalue weighted by molar-refractivity contribution is 5.96. The predicted molar refractivity (Wildman–Crippen MR) is 270 cm³/mol. The van der Waals surface area contributed by atoms with E-state index < -0.39 is 89.7 Å². The Kier molecular flexibility index (Phi) is 12.9. The molecule has 3 aromatic carbocycles. The summed E-state index contributed by atoms with van der Waals surface area (Å²) in [6, 6.07) is 22.9. The summed E-state index contributed by atoms with van der Waals surface area (Å²) >= 11 is 0. The number of carbonyl (C=O) groups excluding carboxylic acids is 4. The van der Waals surface area contributed by atoms with Gasteiger partial charge >= 0.3 is 11.9 Å². The van der Waals surface area contributed by atoms with Crippen LogP contribution in [0, 0.1) is 22.7 Å². The summed E-state index contributed by atoms with van der Waals surface area (Å²) in [6.45, 7) is 12.2. The number of hydrogen-bond acceptors (Lipinski definition) is 12. The number of likely N-dealkylation sites (N-methyl/N-ethyl adjacent to an activating group) is 1. The maximum Gasteiger partial charge on any atom is 0.327 e. The molecule has 2 amide bonds. The number of ether oxygens (including phenoxy) is 5. The first-order chi connectivity index (χ1) is 34.8. The Bertz CT molecular complexity index is 2620. The molecule has 2 N–H and O–H groups in total. The number of aliphatic hydroxyl groups excluding tert-OH is 1. The molecule has 11 rings (SSSR count). The van der Waals surface area contributed by atoms with Crippen LogP contribution in [0.4, 0.5) is 0 Å². The number of nitrogens with one attached hydrogen (secondary N) is 1. The number of fused-ring (bicyclic) bond motifs is 7.